The molecule has 19 nitrogen and oxygen atoms in total. The lowest BCUT2D eigenvalue weighted by Gasteiger charge is -2.42. The highest BCUT2D eigenvalue weighted by atomic mass is 16.6. The Bertz CT molecular complexity index is 2050. The number of phenolic OH excluding ortho intramolecular Hbond substituents is 6. The van der Waals surface area contributed by atoms with Gasteiger partial charge in [-0.2, -0.15) is 0 Å². The number of aliphatic carboxylic acids is 2. The minimum absolute atomic E-state index is 0.187. The molecule has 1 fully saturated rings. The summed E-state index contributed by atoms with van der Waals surface area (Å²) in [5.74, 6) is -11.9. The van der Waals surface area contributed by atoms with Crippen LogP contribution in [0.15, 0.2) is 72.8 Å². The molecular weight excluding hydrogens is 760 g/mol. The van der Waals surface area contributed by atoms with Crippen molar-refractivity contribution in [2.24, 2.45) is 0 Å². The summed E-state index contributed by atoms with van der Waals surface area (Å²) in [6.07, 6.45) is -5.43. The van der Waals surface area contributed by atoms with E-state index < -0.39 is 120 Å². The van der Waals surface area contributed by atoms with E-state index in [-0.39, 0.29) is 16.7 Å². The number of aliphatic hydroxyl groups excluding tert-OH is 1. The number of hydrogen-bond acceptors (Lipinski definition) is 17. The number of aliphatic hydroxyl groups is 1. The summed E-state index contributed by atoms with van der Waals surface area (Å²) in [7, 11) is 0. The Balaban J connectivity index is 1.55. The molecule has 0 amide bonds. The highest BCUT2D eigenvalue weighted by molar-refractivity contribution is 5.91. The van der Waals surface area contributed by atoms with Crippen LogP contribution in [0.2, 0.25) is 0 Å². The molecule has 0 aliphatic heterocycles. The predicted octanol–water partition coefficient (Wildman–Crippen LogP) is 2.09. The van der Waals surface area contributed by atoms with Crippen molar-refractivity contribution >= 4 is 54.0 Å². The van der Waals surface area contributed by atoms with Crippen molar-refractivity contribution in [3.8, 4) is 34.5 Å². The van der Waals surface area contributed by atoms with Gasteiger partial charge in [0.25, 0.3) is 0 Å². The van der Waals surface area contributed by atoms with Crippen molar-refractivity contribution in [2.75, 3.05) is 0 Å². The zero-order valence-corrected chi connectivity index (χ0v) is 29.2. The average Bonchev–Trinajstić information content (AvgIpc) is 3.14. The molecule has 1 aliphatic carbocycles. The first-order chi connectivity index (χ1) is 26.8. The molecule has 1 unspecified atom stereocenters. The summed E-state index contributed by atoms with van der Waals surface area (Å²) in [4.78, 5) is 75.9. The number of esters is 4. The Morgan fingerprint density at radius 1 is 0.614 bits per heavy atom. The lowest BCUT2D eigenvalue weighted by molar-refractivity contribution is -0.214. The molecule has 0 aromatic heterocycles. The van der Waals surface area contributed by atoms with Gasteiger partial charge in [0.15, 0.2) is 34.5 Å². The largest absolute Gasteiger partial charge is 0.504 e. The average molecular weight is 795 g/mol. The number of carboxylic acids is 2. The molecular formula is C38H34O19. The zero-order valence-electron chi connectivity index (χ0n) is 29.2. The molecule has 3 atom stereocenters. The maximum atomic E-state index is 13.1. The number of carbonyl (C=O) groups excluding carboxylic acids is 4. The van der Waals surface area contributed by atoms with Crippen LogP contribution in [0.3, 0.4) is 0 Å². The van der Waals surface area contributed by atoms with E-state index in [1.165, 1.54) is 18.2 Å². The van der Waals surface area contributed by atoms with Gasteiger partial charge in [-0.15, -0.1) is 0 Å². The van der Waals surface area contributed by atoms with E-state index >= 15 is 0 Å². The number of rotatable bonds is 14. The van der Waals surface area contributed by atoms with E-state index in [2.05, 4.69) is 0 Å². The molecule has 300 valence electrons. The maximum absolute atomic E-state index is 13.1. The summed E-state index contributed by atoms with van der Waals surface area (Å²) in [6.45, 7) is 0. The van der Waals surface area contributed by atoms with Crippen LogP contribution in [-0.4, -0.2) is 112 Å². The van der Waals surface area contributed by atoms with E-state index in [0.717, 1.165) is 72.9 Å². The fourth-order valence-corrected chi connectivity index (χ4v) is 5.31. The van der Waals surface area contributed by atoms with E-state index in [1.54, 1.807) is 0 Å². The zero-order chi connectivity index (χ0) is 42.0. The first-order valence-electron chi connectivity index (χ1n) is 16.4. The van der Waals surface area contributed by atoms with Gasteiger partial charge in [-0.1, -0.05) is 18.2 Å². The Morgan fingerprint density at radius 2 is 1.00 bits per heavy atom. The van der Waals surface area contributed by atoms with Gasteiger partial charge in [0.2, 0.25) is 11.7 Å². The molecule has 0 bridgehead atoms. The Hall–Kier alpha value is -7.54. The van der Waals surface area contributed by atoms with E-state index in [4.69, 9.17) is 18.9 Å². The number of benzene rings is 3. The van der Waals surface area contributed by atoms with Gasteiger partial charge in [-0.25, -0.2) is 24.0 Å². The van der Waals surface area contributed by atoms with Crippen LogP contribution in [0.1, 0.15) is 36.0 Å². The maximum Gasteiger partial charge on any atom is 0.348 e. The lowest BCUT2D eigenvalue weighted by Crippen LogP contribution is -2.60. The number of carboxylic acid groups (broad SMARTS) is 2. The quantitative estimate of drug-likeness (QED) is 0.0488. The minimum Gasteiger partial charge on any atom is -0.504 e. The number of aromatic hydroxyl groups is 6. The molecule has 0 spiro atoms. The fourth-order valence-electron chi connectivity index (χ4n) is 5.31. The Labute approximate surface area is 320 Å². The molecule has 57 heavy (non-hydrogen) atoms. The summed E-state index contributed by atoms with van der Waals surface area (Å²) in [5.41, 5.74) is -2.18. The fraction of sp³-hybridized carbons (Fsp3) is 0.211. The SMILES string of the molecule is O=C(/C=C/c1ccc(O)c(O)c1)OC(CC(=O)OC1(C(=O)O)C[C@@H](OC(=O)/C=C/c2ccc(O)c(O)c2)C(O)[C@H](OC(=O)/C=C/c2ccc(O)c(O)c2)C1)C(=O)O. The second kappa shape index (κ2) is 18.2. The van der Waals surface area contributed by atoms with Crippen LogP contribution in [-0.2, 0) is 47.7 Å². The van der Waals surface area contributed by atoms with E-state index in [0.29, 0.717) is 0 Å². The third-order valence-electron chi connectivity index (χ3n) is 8.18. The van der Waals surface area contributed by atoms with E-state index in [1.807, 2.05) is 0 Å². The first kappa shape index (κ1) is 42.2. The van der Waals surface area contributed by atoms with Gasteiger partial charge in [0.1, 0.15) is 18.3 Å². The summed E-state index contributed by atoms with van der Waals surface area (Å²) in [6, 6.07) is 10.5. The van der Waals surface area contributed by atoms with Crippen molar-refractivity contribution in [3.05, 3.63) is 89.5 Å². The van der Waals surface area contributed by atoms with E-state index in [9.17, 15) is 74.7 Å². The molecule has 1 aliphatic rings. The van der Waals surface area contributed by atoms with Gasteiger partial charge >= 0.3 is 35.8 Å². The van der Waals surface area contributed by atoms with Crippen LogP contribution in [0.25, 0.3) is 18.2 Å². The lowest BCUT2D eigenvalue weighted by atomic mass is 9.79. The second-order valence-electron chi connectivity index (χ2n) is 12.3. The van der Waals surface area contributed by atoms with Gasteiger partial charge in [0, 0.05) is 31.1 Å². The predicted molar refractivity (Wildman–Crippen MR) is 190 cm³/mol. The molecule has 0 radical (unpaired) electrons. The molecule has 0 saturated heterocycles. The topological polar surface area (TPSA) is 321 Å². The number of hydrogen-bond donors (Lipinski definition) is 9. The third kappa shape index (κ3) is 11.5. The molecule has 19 heteroatoms. The van der Waals surface area contributed by atoms with Crippen molar-refractivity contribution in [1.82, 2.24) is 0 Å². The van der Waals surface area contributed by atoms with Gasteiger partial charge < -0.3 is 64.9 Å². The van der Waals surface area contributed by atoms with Gasteiger partial charge in [0.05, 0.1) is 6.42 Å². The smallest absolute Gasteiger partial charge is 0.348 e. The van der Waals surface area contributed by atoms with Crippen LogP contribution < -0.4 is 0 Å². The normalized spacial score (nSPS) is 19.8. The van der Waals surface area contributed by atoms with Crippen molar-refractivity contribution in [3.63, 3.8) is 0 Å². The first-order valence-corrected chi connectivity index (χ1v) is 16.4. The van der Waals surface area contributed by atoms with Crippen molar-refractivity contribution < 1.29 is 93.7 Å². The number of ether oxygens (including phenoxy) is 4. The Morgan fingerprint density at radius 3 is 1.35 bits per heavy atom. The van der Waals surface area contributed by atoms with Crippen LogP contribution in [0.5, 0.6) is 34.5 Å². The molecule has 1 saturated carbocycles. The standard InChI is InChI=1S/C38H34O19/c39-22-7-1-19(13-25(22)42)4-10-31(45)54-28(36(50)51)16-34(48)57-38(37(52)53)17-29(55-32(46)11-5-20-2-8-23(40)26(43)14-20)35(49)30(18-38)56-33(47)12-6-21-3-9-24(41)27(44)15-21/h1-15,28-30,35,39-44,49H,16-18H2,(H,50,51)(H,52,53)/b10-4+,11-5+,12-6+/t28?,29-,30-,35?,38?/m1/s1. The number of phenols is 6. The molecule has 3 aromatic carbocycles. The van der Waals surface area contributed by atoms with Crippen molar-refractivity contribution in [2.45, 2.75) is 49.3 Å². The monoisotopic (exact) mass is 794 g/mol. The van der Waals surface area contributed by atoms with Crippen LogP contribution >= 0.6 is 0 Å². The second-order valence-corrected chi connectivity index (χ2v) is 12.3. The minimum atomic E-state index is -2.76. The molecule has 4 rings (SSSR count). The third-order valence-corrected chi connectivity index (χ3v) is 8.18. The highest BCUT2D eigenvalue weighted by Crippen LogP contribution is 2.37. The summed E-state index contributed by atoms with van der Waals surface area (Å²) >= 11 is 0. The van der Waals surface area contributed by atoms with Gasteiger partial charge in [-0.05, 0) is 71.3 Å². The molecule has 9 N–H and O–H groups in total. The molecule has 3 aromatic rings. The van der Waals surface area contributed by atoms with Gasteiger partial charge in [-0.3, -0.25) is 4.79 Å². The van der Waals surface area contributed by atoms with Crippen LogP contribution in [0, 0.1) is 0 Å². The summed E-state index contributed by atoms with van der Waals surface area (Å²) in [5, 5.41) is 88.6. The molecule has 0 heterocycles. The summed E-state index contributed by atoms with van der Waals surface area (Å²) < 4.78 is 20.6. The van der Waals surface area contributed by atoms with Crippen molar-refractivity contribution in [1.29, 1.82) is 0 Å². The highest BCUT2D eigenvalue weighted by Gasteiger charge is 2.56. The Kier molecular flexibility index (Phi) is 13.5. The number of carbonyl (C=O) groups is 6. The van der Waals surface area contributed by atoms with Crippen LogP contribution in [0.4, 0.5) is 0 Å².